The third-order valence-corrected chi connectivity index (χ3v) is 4.95. The lowest BCUT2D eigenvalue weighted by atomic mass is 10.2. The number of carbonyl (C=O) groups excluding carboxylic acids is 1. The van der Waals surface area contributed by atoms with Crippen molar-refractivity contribution in [3.8, 4) is 5.69 Å². The number of ether oxygens (including phenoxy) is 1. The number of aryl methyl sites for hydroxylation is 1. The first-order valence-corrected chi connectivity index (χ1v) is 9.41. The third-order valence-electron chi connectivity index (χ3n) is 4.42. The van der Waals surface area contributed by atoms with Crippen molar-refractivity contribution in [3.05, 3.63) is 51.8 Å². The number of hydrazone groups is 1. The van der Waals surface area contributed by atoms with Crippen LogP contribution >= 0.6 is 15.9 Å². The molecule has 1 fully saturated rings. The second kappa shape index (κ2) is 8.62. The molecule has 1 aromatic heterocycles. The van der Waals surface area contributed by atoms with E-state index in [-0.39, 0.29) is 5.91 Å². The Labute approximate surface area is 162 Å². The van der Waals surface area contributed by atoms with Crippen molar-refractivity contribution in [1.82, 2.24) is 14.9 Å². The van der Waals surface area contributed by atoms with Gasteiger partial charge in [-0.2, -0.15) is 5.10 Å². The van der Waals surface area contributed by atoms with Gasteiger partial charge in [-0.15, -0.1) is 0 Å². The molecule has 2 heterocycles. The molecule has 0 spiro atoms. The normalized spacial score (nSPS) is 15.5. The SMILES string of the molecule is Cc1cc(/C=N/NC(=O)CN2CCOCC2)c(C)n1-c1ccc(Br)cc1. The van der Waals surface area contributed by atoms with Crippen molar-refractivity contribution in [2.45, 2.75) is 13.8 Å². The average molecular weight is 419 g/mol. The molecule has 7 heteroatoms. The number of hydrogen-bond donors (Lipinski definition) is 1. The molecule has 138 valence electrons. The van der Waals surface area contributed by atoms with E-state index in [4.69, 9.17) is 4.74 Å². The van der Waals surface area contributed by atoms with Crippen molar-refractivity contribution in [3.63, 3.8) is 0 Å². The molecule has 26 heavy (non-hydrogen) atoms. The molecule has 0 bridgehead atoms. The fraction of sp³-hybridized carbons (Fsp3) is 0.368. The molecule has 1 N–H and O–H groups in total. The minimum absolute atomic E-state index is 0.107. The van der Waals surface area contributed by atoms with Crippen LogP contribution < -0.4 is 5.43 Å². The molecule has 0 radical (unpaired) electrons. The van der Waals surface area contributed by atoms with Crippen LogP contribution in [0.4, 0.5) is 0 Å². The summed E-state index contributed by atoms with van der Waals surface area (Å²) >= 11 is 3.46. The van der Waals surface area contributed by atoms with Gasteiger partial charge >= 0.3 is 0 Å². The van der Waals surface area contributed by atoms with Gasteiger partial charge in [-0.1, -0.05) is 15.9 Å². The Morgan fingerprint density at radius 3 is 2.65 bits per heavy atom. The lowest BCUT2D eigenvalue weighted by Gasteiger charge is -2.25. The van der Waals surface area contributed by atoms with Crippen molar-refractivity contribution >= 4 is 28.1 Å². The molecule has 0 aliphatic carbocycles. The standard InChI is InChI=1S/C19H23BrN4O2/c1-14-11-16(15(2)24(14)18-5-3-17(20)4-6-18)12-21-22-19(25)13-23-7-9-26-10-8-23/h3-6,11-12H,7-10,13H2,1-2H3,(H,22,25)/b21-12+. The molecule has 0 atom stereocenters. The number of hydrogen-bond acceptors (Lipinski definition) is 4. The summed E-state index contributed by atoms with van der Waals surface area (Å²) in [6.07, 6.45) is 1.70. The van der Waals surface area contributed by atoms with Crippen molar-refractivity contribution in [2.24, 2.45) is 5.10 Å². The minimum Gasteiger partial charge on any atom is -0.379 e. The average Bonchev–Trinajstić information content (AvgIpc) is 2.90. The predicted octanol–water partition coefficient (Wildman–Crippen LogP) is 2.64. The van der Waals surface area contributed by atoms with Crippen LogP contribution in [0.5, 0.6) is 0 Å². The van der Waals surface area contributed by atoms with Gasteiger partial charge < -0.3 is 9.30 Å². The van der Waals surface area contributed by atoms with E-state index >= 15 is 0 Å². The number of amides is 1. The molecule has 0 unspecified atom stereocenters. The lowest BCUT2D eigenvalue weighted by molar-refractivity contribution is -0.123. The topological polar surface area (TPSA) is 58.9 Å². The van der Waals surface area contributed by atoms with Crippen LogP contribution in [0.3, 0.4) is 0 Å². The lowest BCUT2D eigenvalue weighted by Crippen LogP contribution is -2.42. The van der Waals surface area contributed by atoms with Gasteiger partial charge in [0.1, 0.15) is 0 Å². The van der Waals surface area contributed by atoms with Crippen molar-refractivity contribution in [2.75, 3.05) is 32.8 Å². The molecule has 6 nitrogen and oxygen atoms in total. The van der Waals surface area contributed by atoms with Crippen molar-refractivity contribution < 1.29 is 9.53 Å². The highest BCUT2D eigenvalue weighted by molar-refractivity contribution is 9.10. The minimum atomic E-state index is -0.107. The van der Waals surface area contributed by atoms with E-state index < -0.39 is 0 Å². The van der Waals surface area contributed by atoms with Crippen LogP contribution in [0, 0.1) is 13.8 Å². The van der Waals surface area contributed by atoms with E-state index in [1.165, 1.54) is 0 Å². The van der Waals surface area contributed by atoms with E-state index in [1.54, 1.807) is 6.21 Å². The maximum atomic E-state index is 12.0. The van der Waals surface area contributed by atoms with Gasteiger partial charge in [-0.3, -0.25) is 9.69 Å². The number of rotatable bonds is 5. The highest BCUT2D eigenvalue weighted by Gasteiger charge is 2.14. The van der Waals surface area contributed by atoms with Crippen LogP contribution in [-0.2, 0) is 9.53 Å². The number of morpholine rings is 1. The summed E-state index contributed by atoms with van der Waals surface area (Å²) < 4.78 is 8.50. The first kappa shape index (κ1) is 18.8. The summed E-state index contributed by atoms with van der Waals surface area (Å²) in [7, 11) is 0. The third kappa shape index (κ3) is 4.60. The Bertz CT molecular complexity index is 793. The fourth-order valence-corrected chi connectivity index (χ4v) is 3.34. The molecule has 1 aliphatic rings. The number of aromatic nitrogens is 1. The van der Waals surface area contributed by atoms with E-state index in [2.05, 4.69) is 61.0 Å². The quantitative estimate of drug-likeness (QED) is 0.599. The molecular formula is C19H23BrN4O2. The van der Waals surface area contributed by atoms with Gasteiger partial charge in [-0.25, -0.2) is 5.43 Å². The van der Waals surface area contributed by atoms with E-state index in [0.717, 1.165) is 40.2 Å². The summed E-state index contributed by atoms with van der Waals surface area (Å²) in [4.78, 5) is 14.1. The Morgan fingerprint density at radius 1 is 1.27 bits per heavy atom. The van der Waals surface area contributed by atoms with Gasteiger partial charge in [0.25, 0.3) is 5.91 Å². The van der Waals surface area contributed by atoms with Crippen molar-refractivity contribution in [1.29, 1.82) is 0 Å². The highest BCUT2D eigenvalue weighted by atomic mass is 79.9. The Hall–Kier alpha value is -1.96. The molecule has 3 rings (SSSR count). The summed E-state index contributed by atoms with van der Waals surface area (Å²) in [5, 5.41) is 4.13. The van der Waals surface area contributed by atoms with Crippen LogP contribution in [0.25, 0.3) is 5.69 Å². The highest BCUT2D eigenvalue weighted by Crippen LogP contribution is 2.21. The van der Waals surface area contributed by atoms with E-state index in [9.17, 15) is 4.79 Å². The Balaban J connectivity index is 1.64. The van der Waals surface area contributed by atoms with Gasteiger partial charge in [-0.05, 0) is 44.2 Å². The number of halogens is 1. The monoisotopic (exact) mass is 418 g/mol. The van der Waals surface area contributed by atoms with Gasteiger partial charge in [0.05, 0.1) is 26.0 Å². The summed E-state index contributed by atoms with van der Waals surface area (Å²) in [5.41, 5.74) is 6.89. The number of nitrogens with zero attached hydrogens (tertiary/aromatic N) is 3. The molecule has 1 saturated heterocycles. The molecule has 1 amide bonds. The first-order chi connectivity index (χ1) is 12.5. The fourth-order valence-electron chi connectivity index (χ4n) is 3.08. The molecule has 1 aromatic carbocycles. The smallest absolute Gasteiger partial charge is 0.254 e. The zero-order valence-electron chi connectivity index (χ0n) is 15.0. The maximum Gasteiger partial charge on any atom is 0.254 e. The predicted molar refractivity (Wildman–Crippen MR) is 106 cm³/mol. The molecule has 0 saturated carbocycles. The Kier molecular flexibility index (Phi) is 6.24. The van der Waals surface area contributed by atoms with Crippen LogP contribution in [0.2, 0.25) is 0 Å². The van der Waals surface area contributed by atoms with Crippen LogP contribution in [-0.4, -0.2) is 54.4 Å². The number of nitrogens with one attached hydrogen (secondary N) is 1. The summed E-state index contributed by atoms with van der Waals surface area (Å²) in [5.74, 6) is -0.107. The molecular weight excluding hydrogens is 396 g/mol. The first-order valence-electron chi connectivity index (χ1n) is 8.61. The Morgan fingerprint density at radius 2 is 1.96 bits per heavy atom. The number of carbonyl (C=O) groups is 1. The van der Waals surface area contributed by atoms with Gasteiger partial charge in [0.15, 0.2) is 0 Å². The zero-order valence-corrected chi connectivity index (χ0v) is 16.6. The van der Waals surface area contributed by atoms with Gasteiger partial charge in [0, 0.05) is 40.2 Å². The zero-order chi connectivity index (χ0) is 18.5. The van der Waals surface area contributed by atoms with Crippen LogP contribution in [0.1, 0.15) is 17.0 Å². The van der Waals surface area contributed by atoms with E-state index in [0.29, 0.717) is 19.8 Å². The number of benzene rings is 1. The summed E-state index contributed by atoms with van der Waals surface area (Å²) in [6.45, 7) is 7.38. The molecule has 2 aromatic rings. The van der Waals surface area contributed by atoms with Crippen LogP contribution in [0.15, 0.2) is 39.9 Å². The van der Waals surface area contributed by atoms with Gasteiger partial charge in [0.2, 0.25) is 0 Å². The largest absolute Gasteiger partial charge is 0.379 e. The molecule has 1 aliphatic heterocycles. The second-order valence-corrected chi connectivity index (χ2v) is 7.24. The summed E-state index contributed by atoms with van der Waals surface area (Å²) in [6, 6.07) is 10.2. The second-order valence-electron chi connectivity index (χ2n) is 6.32. The maximum absolute atomic E-state index is 12.0. The van der Waals surface area contributed by atoms with E-state index in [1.807, 2.05) is 19.1 Å².